The van der Waals surface area contributed by atoms with E-state index in [0.29, 0.717) is 22.7 Å². The average molecular weight is 292 g/mol. The van der Waals surface area contributed by atoms with Gasteiger partial charge in [0.1, 0.15) is 22.2 Å². The number of aromatic nitrogens is 2. The van der Waals surface area contributed by atoms with E-state index in [0.717, 1.165) is 11.3 Å². The van der Waals surface area contributed by atoms with E-state index in [9.17, 15) is 0 Å². The van der Waals surface area contributed by atoms with Gasteiger partial charge in [-0.25, -0.2) is 4.98 Å². The molecular formula is C12H10BrN3O. The molecule has 0 aliphatic heterocycles. The first-order valence-electron chi connectivity index (χ1n) is 5.13. The van der Waals surface area contributed by atoms with Crippen LogP contribution < -0.4 is 4.74 Å². The molecule has 0 fully saturated rings. The van der Waals surface area contributed by atoms with Crippen LogP contribution in [-0.4, -0.2) is 16.6 Å². The highest BCUT2D eigenvalue weighted by Gasteiger charge is 2.09. The highest BCUT2D eigenvalue weighted by atomic mass is 79.9. The zero-order valence-electron chi connectivity index (χ0n) is 9.20. The fraction of sp³-hybridized carbons (Fsp3) is 0.167. The van der Waals surface area contributed by atoms with Crippen LogP contribution >= 0.6 is 15.9 Å². The van der Waals surface area contributed by atoms with Crippen LogP contribution in [0.25, 0.3) is 11.4 Å². The summed E-state index contributed by atoms with van der Waals surface area (Å²) in [5.41, 5.74) is 1.24. The molecule has 0 aliphatic rings. The number of nitriles is 1. The zero-order chi connectivity index (χ0) is 12.3. The maximum absolute atomic E-state index is 8.83. The average Bonchev–Trinajstić information content (AvgIpc) is 2.71. The number of halogens is 1. The largest absolute Gasteiger partial charge is 0.494 e. The molecule has 86 valence electrons. The highest BCUT2D eigenvalue weighted by Crippen LogP contribution is 2.24. The van der Waals surface area contributed by atoms with Crippen molar-refractivity contribution in [2.75, 3.05) is 6.61 Å². The lowest BCUT2D eigenvalue weighted by atomic mass is 10.2. The van der Waals surface area contributed by atoms with Crippen LogP contribution in [0.1, 0.15) is 12.6 Å². The first-order valence-corrected chi connectivity index (χ1v) is 5.92. The molecule has 0 unspecified atom stereocenters. The number of hydrogen-bond acceptors (Lipinski definition) is 3. The second kappa shape index (κ2) is 5.02. The van der Waals surface area contributed by atoms with Crippen LogP contribution in [-0.2, 0) is 0 Å². The number of nitrogens with one attached hydrogen (secondary N) is 1. The van der Waals surface area contributed by atoms with E-state index >= 15 is 0 Å². The van der Waals surface area contributed by atoms with Gasteiger partial charge in [-0.2, -0.15) is 5.26 Å². The molecule has 2 aromatic rings. The summed E-state index contributed by atoms with van der Waals surface area (Å²) >= 11 is 3.25. The Morgan fingerprint density at radius 1 is 1.53 bits per heavy atom. The van der Waals surface area contributed by atoms with E-state index in [1.54, 1.807) is 0 Å². The molecule has 2 rings (SSSR count). The van der Waals surface area contributed by atoms with Gasteiger partial charge < -0.3 is 9.72 Å². The third-order valence-corrected chi connectivity index (χ3v) is 2.76. The molecule has 0 spiro atoms. The van der Waals surface area contributed by atoms with Gasteiger partial charge in [0.25, 0.3) is 0 Å². The van der Waals surface area contributed by atoms with Crippen LogP contribution in [0.2, 0.25) is 0 Å². The summed E-state index contributed by atoms with van der Waals surface area (Å²) in [5, 5.41) is 8.83. The fourth-order valence-corrected chi connectivity index (χ4v) is 1.83. The molecule has 0 saturated carbocycles. The van der Waals surface area contributed by atoms with Crippen molar-refractivity contribution in [3.05, 3.63) is 34.6 Å². The van der Waals surface area contributed by atoms with Crippen molar-refractivity contribution in [3.8, 4) is 23.2 Å². The Labute approximate surface area is 107 Å². The minimum atomic E-state index is 0.349. The van der Waals surface area contributed by atoms with Gasteiger partial charge in [0.2, 0.25) is 0 Å². The Balaban J connectivity index is 2.39. The molecule has 1 heterocycles. The Morgan fingerprint density at radius 2 is 2.35 bits per heavy atom. The second-order valence-corrected chi connectivity index (χ2v) is 4.11. The van der Waals surface area contributed by atoms with Gasteiger partial charge in [0, 0.05) is 5.56 Å². The summed E-state index contributed by atoms with van der Waals surface area (Å²) in [6.45, 7) is 2.55. The number of hydrogen-bond donors (Lipinski definition) is 1. The van der Waals surface area contributed by atoms with E-state index in [-0.39, 0.29) is 0 Å². The lowest BCUT2D eigenvalue weighted by Crippen LogP contribution is -1.91. The standard InChI is InChI=1S/C12H10BrN3O/c1-2-17-9-5-3-4-8(6-9)12-15-10(7-14)11(13)16-12/h3-6H,2H2,1H3,(H,15,16). The van der Waals surface area contributed by atoms with Crippen molar-refractivity contribution in [3.63, 3.8) is 0 Å². The second-order valence-electron chi connectivity index (χ2n) is 3.32. The molecular weight excluding hydrogens is 282 g/mol. The lowest BCUT2D eigenvalue weighted by molar-refractivity contribution is 0.340. The zero-order valence-corrected chi connectivity index (χ0v) is 10.8. The number of rotatable bonds is 3. The number of H-pyrrole nitrogens is 1. The molecule has 0 saturated heterocycles. The lowest BCUT2D eigenvalue weighted by Gasteiger charge is -2.03. The maximum Gasteiger partial charge on any atom is 0.173 e. The van der Waals surface area contributed by atoms with Gasteiger partial charge in [0.05, 0.1) is 6.61 Å². The molecule has 0 bridgehead atoms. The summed E-state index contributed by atoms with van der Waals surface area (Å²) in [7, 11) is 0. The van der Waals surface area contributed by atoms with E-state index in [1.807, 2.05) is 37.3 Å². The fourth-order valence-electron chi connectivity index (χ4n) is 1.46. The van der Waals surface area contributed by atoms with E-state index in [4.69, 9.17) is 10.00 Å². The summed E-state index contributed by atoms with van der Waals surface area (Å²) in [6, 6.07) is 9.58. The van der Waals surface area contributed by atoms with Crippen LogP contribution in [0.4, 0.5) is 0 Å². The van der Waals surface area contributed by atoms with Gasteiger partial charge in [-0.3, -0.25) is 0 Å². The Kier molecular flexibility index (Phi) is 3.45. The van der Waals surface area contributed by atoms with Crippen LogP contribution in [0.5, 0.6) is 5.75 Å². The normalized spacial score (nSPS) is 9.94. The Hall–Kier alpha value is -1.80. The molecule has 5 heteroatoms. The van der Waals surface area contributed by atoms with Crippen molar-refractivity contribution in [2.45, 2.75) is 6.92 Å². The van der Waals surface area contributed by atoms with Crippen molar-refractivity contribution in [1.29, 1.82) is 5.26 Å². The molecule has 1 N–H and O–H groups in total. The van der Waals surface area contributed by atoms with Crippen LogP contribution in [0, 0.1) is 11.3 Å². The van der Waals surface area contributed by atoms with Crippen molar-refractivity contribution in [1.82, 2.24) is 9.97 Å². The molecule has 0 amide bonds. The summed E-state index contributed by atoms with van der Waals surface area (Å²) in [6.07, 6.45) is 0. The first-order chi connectivity index (χ1) is 8.24. The van der Waals surface area contributed by atoms with Crippen LogP contribution in [0.3, 0.4) is 0 Å². The summed E-state index contributed by atoms with van der Waals surface area (Å²) in [4.78, 5) is 7.19. The number of benzene rings is 1. The minimum absolute atomic E-state index is 0.349. The monoisotopic (exact) mass is 291 g/mol. The predicted octanol–water partition coefficient (Wildman–Crippen LogP) is 3.11. The minimum Gasteiger partial charge on any atom is -0.494 e. The molecule has 1 aromatic carbocycles. The predicted molar refractivity (Wildman–Crippen MR) is 67.6 cm³/mol. The molecule has 0 aliphatic carbocycles. The van der Waals surface area contributed by atoms with Crippen molar-refractivity contribution < 1.29 is 4.74 Å². The SMILES string of the molecule is CCOc1cccc(-c2nc(C#N)c(Br)[nH]2)c1. The highest BCUT2D eigenvalue weighted by molar-refractivity contribution is 9.10. The summed E-state index contributed by atoms with van der Waals surface area (Å²) in [5.74, 6) is 1.44. The third-order valence-electron chi connectivity index (χ3n) is 2.18. The molecule has 17 heavy (non-hydrogen) atoms. The van der Waals surface area contributed by atoms with E-state index in [1.165, 1.54) is 0 Å². The number of ether oxygens (including phenoxy) is 1. The number of nitrogens with zero attached hydrogens (tertiary/aromatic N) is 2. The maximum atomic E-state index is 8.83. The van der Waals surface area contributed by atoms with Crippen molar-refractivity contribution >= 4 is 15.9 Å². The molecule has 0 atom stereocenters. The van der Waals surface area contributed by atoms with E-state index in [2.05, 4.69) is 25.9 Å². The van der Waals surface area contributed by atoms with Gasteiger partial charge in [-0.15, -0.1) is 0 Å². The Bertz CT molecular complexity index is 571. The quantitative estimate of drug-likeness (QED) is 0.945. The molecule has 4 nitrogen and oxygen atoms in total. The van der Waals surface area contributed by atoms with Crippen molar-refractivity contribution in [2.24, 2.45) is 0 Å². The number of imidazole rings is 1. The first kappa shape index (κ1) is 11.7. The topological polar surface area (TPSA) is 61.7 Å². The van der Waals surface area contributed by atoms with Gasteiger partial charge in [-0.1, -0.05) is 12.1 Å². The molecule has 0 radical (unpaired) electrons. The van der Waals surface area contributed by atoms with Gasteiger partial charge in [-0.05, 0) is 35.0 Å². The molecule has 1 aromatic heterocycles. The van der Waals surface area contributed by atoms with Crippen LogP contribution in [0.15, 0.2) is 28.9 Å². The summed E-state index contributed by atoms with van der Waals surface area (Å²) < 4.78 is 6.01. The van der Waals surface area contributed by atoms with E-state index < -0.39 is 0 Å². The number of aromatic amines is 1. The third kappa shape index (κ3) is 2.48. The van der Waals surface area contributed by atoms with Gasteiger partial charge in [0.15, 0.2) is 5.69 Å². The Morgan fingerprint density at radius 3 is 3.00 bits per heavy atom. The van der Waals surface area contributed by atoms with Gasteiger partial charge >= 0.3 is 0 Å². The smallest absolute Gasteiger partial charge is 0.173 e.